The first-order chi connectivity index (χ1) is 12.0. The van der Waals surface area contributed by atoms with Crippen LogP contribution in [0.25, 0.3) is 0 Å². The predicted molar refractivity (Wildman–Crippen MR) is 99.4 cm³/mol. The van der Waals surface area contributed by atoms with Gasteiger partial charge in [-0.05, 0) is 55.3 Å². The molecule has 2 aromatic rings. The molecule has 0 unspecified atom stereocenters. The zero-order chi connectivity index (χ0) is 18.2. The number of hydrogen-bond acceptors (Lipinski definition) is 3. The molecule has 0 aliphatic rings. The van der Waals surface area contributed by atoms with Gasteiger partial charge in [-0.2, -0.15) is 0 Å². The number of anilines is 1. The molecule has 25 heavy (non-hydrogen) atoms. The van der Waals surface area contributed by atoms with Gasteiger partial charge >= 0.3 is 0 Å². The van der Waals surface area contributed by atoms with Gasteiger partial charge in [0, 0.05) is 29.7 Å². The topological polar surface area (TPSA) is 67.4 Å². The first-order valence-corrected chi connectivity index (χ1v) is 8.38. The van der Waals surface area contributed by atoms with E-state index in [4.69, 9.17) is 16.3 Å². The van der Waals surface area contributed by atoms with E-state index in [1.807, 2.05) is 13.0 Å². The molecule has 0 radical (unpaired) electrons. The lowest BCUT2D eigenvalue weighted by Gasteiger charge is -2.09. The van der Waals surface area contributed by atoms with Gasteiger partial charge in [-0.1, -0.05) is 17.7 Å². The van der Waals surface area contributed by atoms with Gasteiger partial charge < -0.3 is 15.4 Å². The summed E-state index contributed by atoms with van der Waals surface area (Å²) in [7, 11) is 1.57. The van der Waals surface area contributed by atoms with Crippen LogP contribution >= 0.6 is 11.6 Å². The minimum Gasteiger partial charge on any atom is -0.494 e. The van der Waals surface area contributed by atoms with Gasteiger partial charge in [0.05, 0.1) is 6.61 Å². The molecule has 132 valence electrons. The van der Waals surface area contributed by atoms with Crippen molar-refractivity contribution >= 4 is 29.1 Å². The van der Waals surface area contributed by atoms with Crippen molar-refractivity contribution in [2.24, 2.45) is 0 Å². The zero-order valence-electron chi connectivity index (χ0n) is 14.3. The number of halogens is 1. The van der Waals surface area contributed by atoms with Gasteiger partial charge in [-0.3, -0.25) is 9.59 Å². The number of hydrogen-bond donors (Lipinski definition) is 2. The van der Waals surface area contributed by atoms with Crippen molar-refractivity contribution in [1.29, 1.82) is 0 Å². The summed E-state index contributed by atoms with van der Waals surface area (Å²) >= 11 is 5.97. The molecule has 2 rings (SSSR count). The summed E-state index contributed by atoms with van der Waals surface area (Å²) in [6.07, 6.45) is 0.916. The molecule has 0 saturated carbocycles. The summed E-state index contributed by atoms with van der Waals surface area (Å²) in [6.45, 7) is 2.35. The Kier molecular flexibility index (Phi) is 6.83. The van der Waals surface area contributed by atoms with E-state index < -0.39 is 0 Å². The Labute approximate surface area is 152 Å². The summed E-state index contributed by atoms with van der Waals surface area (Å²) in [6, 6.07) is 12.3. The van der Waals surface area contributed by atoms with Crippen molar-refractivity contribution in [3.05, 3.63) is 58.6 Å². The number of carbonyl (C=O) groups is 2. The maximum absolute atomic E-state index is 12.0. The van der Waals surface area contributed by atoms with Crippen LogP contribution in [0.15, 0.2) is 42.5 Å². The monoisotopic (exact) mass is 360 g/mol. The van der Waals surface area contributed by atoms with Crippen LogP contribution < -0.4 is 15.4 Å². The van der Waals surface area contributed by atoms with E-state index in [1.165, 1.54) is 0 Å². The normalized spacial score (nSPS) is 10.2. The smallest absolute Gasteiger partial charge is 0.251 e. The first kappa shape index (κ1) is 18.8. The fourth-order valence-electron chi connectivity index (χ4n) is 2.24. The van der Waals surface area contributed by atoms with E-state index in [9.17, 15) is 9.59 Å². The Morgan fingerprint density at radius 1 is 1.16 bits per heavy atom. The number of benzene rings is 2. The van der Waals surface area contributed by atoms with E-state index in [2.05, 4.69) is 10.6 Å². The second-order valence-corrected chi connectivity index (χ2v) is 5.98. The average Bonchev–Trinajstić information content (AvgIpc) is 2.61. The van der Waals surface area contributed by atoms with Gasteiger partial charge in [0.2, 0.25) is 5.91 Å². The molecule has 0 bridgehead atoms. The third-order valence-corrected chi connectivity index (χ3v) is 4.01. The van der Waals surface area contributed by atoms with Crippen LogP contribution in [0.3, 0.4) is 0 Å². The highest BCUT2D eigenvalue weighted by atomic mass is 35.5. The quantitative estimate of drug-likeness (QED) is 0.738. The van der Waals surface area contributed by atoms with Crippen LogP contribution in [0.2, 0.25) is 5.02 Å². The molecule has 2 amide bonds. The minimum absolute atomic E-state index is 0.120. The summed E-state index contributed by atoms with van der Waals surface area (Å²) in [4.78, 5) is 23.6. The SMILES string of the molecule is CNC(=O)c1cccc(NC(=O)CCCOc2ccc(Cl)c(C)c2)c1. The van der Waals surface area contributed by atoms with Crippen molar-refractivity contribution in [3.63, 3.8) is 0 Å². The number of carbonyl (C=O) groups excluding carboxylic acids is 2. The molecule has 2 aromatic carbocycles. The molecule has 0 aliphatic carbocycles. The lowest BCUT2D eigenvalue weighted by atomic mass is 10.2. The second-order valence-electron chi connectivity index (χ2n) is 5.57. The number of aryl methyl sites for hydroxylation is 1. The van der Waals surface area contributed by atoms with Crippen LogP contribution in [0, 0.1) is 6.92 Å². The van der Waals surface area contributed by atoms with Crippen molar-refractivity contribution in [1.82, 2.24) is 5.32 Å². The molecule has 0 atom stereocenters. The Bertz CT molecular complexity index is 762. The van der Waals surface area contributed by atoms with Gasteiger partial charge in [-0.25, -0.2) is 0 Å². The Morgan fingerprint density at radius 2 is 1.96 bits per heavy atom. The van der Waals surface area contributed by atoms with Crippen LogP contribution in [-0.2, 0) is 4.79 Å². The molecule has 0 fully saturated rings. The van der Waals surface area contributed by atoms with Crippen LogP contribution in [0.5, 0.6) is 5.75 Å². The van der Waals surface area contributed by atoms with Crippen molar-refractivity contribution < 1.29 is 14.3 Å². The fourth-order valence-corrected chi connectivity index (χ4v) is 2.35. The van der Waals surface area contributed by atoms with Crippen LogP contribution in [-0.4, -0.2) is 25.5 Å². The highest BCUT2D eigenvalue weighted by Gasteiger charge is 2.07. The molecule has 0 spiro atoms. The molecule has 0 aliphatic heterocycles. The van der Waals surface area contributed by atoms with E-state index in [1.54, 1.807) is 43.4 Å². The first-order valence-electron chi connectivity index (χ1n) is 8.00. The molecule has 2 N–H and O–H groups in total. The molecule has 6 heteroatoms. The third-order valence-electron chi connectivity index (χ3n) is 3.58. The van der Waals surface area contributed by atoms with Gasteiger partial charge in [0.15, 0.2) is 0 Å². The van der Waals surface area contributed by atoms with Crippen molar-refractivity contribution in [2.75, 3.05) is 19.0 Å². The van der Waals surface area contributed by atoms with Crippen LogP contribution in [0.4, 0.5) is 5.69 Å². The highest BCUT2D eigenvalue weighted by molar-refractivity contribution is 6.31. The van der Waals surface area contributed by atoms with E-state index >= 15 is 0 Å². The lowest BCUT2D eigenvalue weighted by Crippen LogP contribution is -2.18. The third kappa shape index (κ3) is 5.80. The summed E-state index contributed by atoms with van der Waals surface area (Å²) in [5.74, 6) is 0.424. The average molecular weight is 361 g/mol. The molecule has 0 aromatic heterocycles. The van der Waals surface area contributed by atoms with Gasteiger partial charge in [0.25, 0.3) is 5.91 Å². The van der Waals surface area contributed by atoms with Gasteiger partial charge in [-0.15, -0.1) is 0 Å². The molecule has 5 nitrogen and oxygen atoms in total. The molecular formula is C19H21ClN2O3. The minimum atomic E-state index is -0.192. The number of amides is 2. The zero-order valence-corrected chi connectivity index (χ0v) is 15.0. The Morgan fingerprint density at radius 3 is 2.68 bits per heavy atom. The number of ether oxygens (including phenoxy) is 1. The van der Waals surface area contributed by atoms with Gasteiger partial charge in [0.1, 0.15) is 5.75 Å². The van der Waals surface area contributed by atoms with E-state index in [-0.39, 0.29) is 11.8 Å². The lowest BCUT2D eigenvalue weighted by molar-refractivity contribution is -0.116. The second kappa shape index (κ2) is 9.08. The molecule has 0 heterocycles. The summed E-state index contributed by atoms with van der Waals surface area (Å²) < 4.78 is 5.62. The van der Waals surface area contributed by atoms with Crippen molar-refractivity contribution in [3.8, 4) is 5.75 Å². The Hall–Kier alpha value is -2.53. The highest BCUT2D eigenvalue weighted by Crippen LogP contribution is 2.21. The van der Waals surface area contributed by atoms with Crippen LogP contribution in [0.1, 0.15) is 28.8 Å². The summed E-state index contributed by atoms with van der Waals surface area (Å²) in [5, 5.41) is 6.03. The van der Waals surface area contributed by atoms with E-state index in [0.717, 1.165) is 11.3 Å². The summed E-state index contributed by atoms with van der Waals surface area (Å²) in [5.41, 5.74) is 2.05. The maximum atomic E-state index is 12.0. The fraction of sp³-hybridized carbons (Fsp3) is 0.263. The molecule has 0 saturated heterocycles. The number of rotatable bonds is 7. The van der Waals surface area contributed by atoms with E-state index in [0.29, 0.717) is 35.7 Å². The largest absolute Gasteiger partial charge is 0.494 e. The Balaban J connectivity index is 1.77. The predicted octanol–water partition coefficient (Wildman–Crippen LogP) is 3.81. The standard InChI is InChI=1S/C19H21ClN2O3/c1-13-11-16(8-9-17(13)20)25-10-4-7-18(23)22-15-6-3-5-14(12-15)19(24)21-2/h3,5-6,8-9,11-12H,4,7,10H2,1-2H3,(H,21,24)(H,22,23). The maximum Gasteiger partial charge on any atom is 0.251 e. The molecular weight excluding hydrogens is 340 g/mol. The van der Waals surface area contributed by atoms with Crippen molar-refractivity contribution in [2.45, 2.75) is 19.8 Å². The number of nitrogens with one attached hydrogen (secondary N) is 2.